The summed E-state index contributed by atoms with van der Waals surface area (Å²) in [5, 5.41) is 6.25. The largest absolute Gasteiger partial charge is 0.370 e. The number of halogens is 1. The number of benzene rings is 2. The third kappa shape index (κ3) is 5.95. The lowest BCUT2D eigenvalue weighted by molar-refractivity contribution is 0.0946. The molecule has 0 atom stereocenters. The average molecular weight is 519 g/mol. The standard InChI is InChI=1S/C23H29N5O.HI/c24-23(26-15-18-6-7-19-8-11-25-22(29)21(19)14-18)27-20-9-12-28(13-10-20)16-17-4-2-1-3-5-17;/h1-7,14,20H,8-13,15-16H2,(H,25,29)(H3,24,26,27);1H. The second-order valence-electron chi connectivity index (χ2n) is 7.88. The van der Waals surface area contributed by atoms with E-state index in [1.165, 1.54) is 5.56 Å². The average Bonchev–Trinajstić information content (AvgIpc) is 2.75. The Labute approximate surface area is 195 Å². The zero-order valence-electron chi connectivity index (χ0n) is 17.1. The number of hydrogen-bond donors (Lipinski definition) is 3. The van der Waals surface area contributed by atoms with Crippen LogP contribution in [-0.4, -0.2) is 42.4 Å². The predicted octanol–water partition coefficient (Wildman–Crippen LogP) is 2.66. The van der Waals surface area contributed by atoms with Crippen LogP contribution in [-0.2, 0) is 19.5 Å². The van der Waals surface area contributed by atoms with Crippen LogP contribution < -0.4 is 16.4 Å². The third-order valence-corrected chi connectivity index (χ3v) is 5.72. The van der Waals surface area contributed by atoms with Crippen molar-refractivity contribution in [3.05, 3.63) is 70.8 Å². The number of carbonyl (C=O) groups is 1. The molecule has 0 bridgehead atoms. The van der Waals surface area contributed by atoms with Crippen LogP contribution in [0.3, 0.4) is 0 Å². The topological polar surface area (TPSA) is 82.7 Å². The number of nitrogens with one attached hydrogen (secondary N) is 2. The van der Waals surface area contributed by atoms with Gasteiger partial charge in [-0.3, -0.25) is 9.69 Å². The molecule has 4 N–H and O–H groups in total. The Morgan fingerprint density at radius 1 is 1.13 bits per heavy atom. The molecule has 2 aromatic carbocycles. The summed E-state index contributed by atoms with van der Waals surface area (Å²) in [4.78, 5) is 19.0. The highest BCUT2D eigenvalue weighted by atomic mass is 127. The van der Waals surface area contributed by atoms with Crippen molar-refractivity contribution >= 4 is 35.8 Å². The monoisotopic (exact) mass is 519 g/mol. The van der Waals surface area contributed by atoms with Crippen LogP contribution in [0.2, 0.25) is 0 Å². The number of hydrogen-bond acceptors (Lipinski definition) is 3. The van der Waals surface area contributed by atoms with Gasteiger partial charge >= 0.3 is 0 Å². The molecule has 6 nitrogen and oxygen atoms in total. The summed E-state index contributed by atoms with van der Waals surface area (Å²) >= 11 is 0. The number of carbonyl (C=O) groups excluding carboxylic acids is 1. The summed E-state index contributed by atoms with van der Waals surface area (Å²) < 4.78 is 0. The summed E-state index contributed by atoms with van der Waals surface area (Å²) in [6.07, 6.45) is 3.00. The molecule has 2 aliphatic heterocycles. The summed E-state index contributed by atoms with van der Waals surface area (Å²) in [5.74, 6) is 0.485. The van der Waals surface area contributed by atoms with E-state index in [1.807, 2.05) is 18.2 Å². The number of guanidine groups is 1. The Hall–Kier alpha value is -2.13. The molecule has 2 aromatic rings. The van der Waals surface area contributed by atoms with Crippen molar-refractivity contribution in [1.82, 2.24) is 15.5 Å². The van der Waals surface area contributed by atoms with Crippen LogP contribution >= 0.6 is 24.0 Å². The van der Waals surface area contributed by atoms with Crippen LogP contribution in [0.4, 0.5) is 0 Å². The maximum atomic E-state index is 12.0. The van der Waals surface area contributed by atoms with Gasteiger partial charge < -0.3 is 16.4 Å². The lowest BCUT2D eigenvalue weighted by Gasteiger charge is -2.32. The smallest absolute Gasteiger partial charge is 0.251 e. The van der Waals surface area contributed by atoms with Crippen molar-refractivity contribution in [3.63, 3.8) is 0 Å². The first-order valence-corrected chi connectivity index (χ1v) is 10.4. The second kappa shape index (κ2) is 10.8. The van der Waals surface area contributed by atoms with Gasteiger partial charge in [-0.25, -0.2) is 4.99 Å². The van der Waals surface area contributed by atoms with E-state index in [0.29, 0.717) is 25.1 Å². The fourth-order valence-corrected chi connectivity index (χ4v) is 4.07. The van der Waals surface area contributed by atoms with Gasteiger partial charge in [0.1, 0.15) is 0 Å². The van der Waals surface area contributed by atoms with E-state index in [4.69, 9.17) is 5.73 Å². The summed E-state index contributed by atoms with van der Waals surface area (Å²) in [7, 11) is 0. The zero-order chi connectivity index (χ0) is 20.1. The highest BCUT2D eigenvalue weighted by Gasteiger charge is 2.20. The molecule has 30 heavy (non-hydrogen) atoms. The van der Waals surface area contributed by atoms with E-state index >= 15 is 0 Å². The van der Waals surface area contributed by atoms with Gasteiger partial charge in [-0.05, 0) is 42.0 Å². The van der Waals surface area contributed by atoms with Crippen molar-refractivity contribution in [2.24, 2.45) is 10.7 Å². The number of aliphatic imine (C=N–C) groups is 1. The van der Waals surface area contributed by atoms with Crippen molar-refractivity contribution in [2.75, 3.05) is 19.6 Å². The minimum atomic E-state index is 0. The highest BCUT2D eigenvalue weighted by Crippen LogP contribution is 2.17. The molecule has 4 rings (SSSR count). The van der Waals surface area contributed by atoms with Gasteiger partial charge in [0, 0.05) is 37.8 Å². The van der Waals surface area contributed by atoms with E-state index in [2.05, 4.69) is 50.9 Å². The van der Waals surface area contributed by atoms with Crippen molar-refractivity contribution < 1.29 is 4.79 Å². The van der Waals surface area contributed by atoms with Crippen molar-refractivity contribution in [3.8, 4) is 0 Å². The van der Waals surface area contributed by atoms with E-state index in [9.17, 15) is 4.79 Å². The summed E-state index contributed by atoms with van der Waals surface area (Å²) in [6, 6.07) is 17.0. The molecule has 0 saturated carbocycles. The quantitative estimate of drug-likeness (QED) is 0.323. The van der Waals surface area contributed by atoms with Crippen LogP contribution in [0.1, 0.15) is 39.9 Å². The molecule has 7 heteroatoms. The Kier molecular flexibility index (Phi) is 8.09. The minimum Gasteiger partial charge on any atom is -0.370 e. The van der Waals surface area contributed by atoms with Gasteiger partial charge in [0.25, 0.3) is 5.91 Å². The molecule has 0 radical (unpaired) electrons. The maximum absolute atomic E-state index is 12.0. The number of fused-ring (bicyclic) bond motifs is 1. The molecular formula is C23H30IN5O. The first-order valence-electron chi connectivity index (χ1n) is 10.4. The maximum Gasteiger partial charge on any atom is 0.251 e. The molecule has 1 fully saturated rings. The lowest BCUT2D eigenvalue weighted by Crippen LogP contribution is -2.46. The molecule has 160 valence electrons. The van der Waals surface area contributed by atoms with E-state index in [-0.39, 0.29) is 29.9 Å². The summed E-state index contributed by atoms with van der Waals surface area (Å²) in [5.41, 5.74) is 10.4. The first-order chi connectivity index (χ1) is 14.2. The van der Waals surface area contributed by atoms with Gasteiger partial charge in [-0.1, -0.05) is 42.5 Å². The van der Waals surface area contributed by atoms with Crippen LogP contribution in [0.15, 0.2) is 53.5 Å². The Balaban J connectivity index is 0.00000256. The molecule has 1 amide bonds. The van der Waals surface area contributed by atoms with Crippen LogP contribution in [0.25, 0.3) is 0 Å². The van der Waals surface area contributed by atoms with E-state index < -0.39 is 0 Å². The number of rotatable bonds is 5. The molecular weight excluding hydrogens is 489 g/mol. The zero-order valence-corrected chi connectivity index (χ0v) is 19.5. The number of nitrogens with zero attached hydrogens (tertiary/aromatic N) is 2. The van der Waals surface area contributed by atoms with Gasteiger partial charge in [-0.2, -0.15) is 0 Å². The Morgan fingerprint density at radius 3 is 2.67 bits per heavy atom. The van der Waals surface area contributed by atoms with Gasteiger partial charge in [0.2, 0.25) is 0 Å². The third-order valence-electron chi connectivity index (χ3n) is 5.72. The molecule has 0 aliphatic carbocycles. The van der Waals surface area contributed by atoms with Gasteiger partial charge in [-0.15, -0.1) is 24.0 Å². The van der Waals surface area contributed by atoms with Crippen molar-refractivity contribution in [2.45, 2.75) is 38.4 Å². The van der Waals surface area contributed by atoms with Crippen molar-refractivity contribution in [1.29, 1.82) is 0 Å². The van der Waals surface area contributed by atoms with Crippen LogP contribution in [0, 0.1) is 0 Å². The van der Waals surface area contributed by atoms with E-state index in [0.717, 1.165) is 55.6 Å². The molecule has 1 saturated heterocycles. The fraction of sp³-hybridized carbons (Fsp3) is 0.391. The van der Waals surface area contributed by atoms with Gasteiger partial charge in [0.15, 0.2) is 5.96 Å². The fourth-order valence-electron chi connectivity index (χ4n) is 4.07. The highest BCUT2D eigenvalue weighted by molar-refractivity contribution is 14.0. The molecule has 2 aliphatic rings. The minimum absolute atomic E-state index is 0. The Morgan fingerprint density at radius 2 is 1.90 bits per heavy atom. The van der Waals surface area contributed by atoms with Crippen LogP contribution in [0.5, 0.6) is 0 Å². The summed E-state index contributed by atoms with van der Waals surface area (Å²) in [6.45, 7) is 4.30. The number of likely N-dealkylation sites (tertiary alicyclic amines) is 1. The molecule has 0 unspecified atom stereocenters. The molecule has 2 heterocycles. The molecule has 0 aromatic heterocycles. The van der Waals surface area contributed by atoms with Gasteiger partial charge in [0.05, 0.1) is 6.54 Å². The lowest BCUT2D eigenvalue weighted by atomic mass is 9.98. The molecule has 0 spiro atoms. The predicted molar refractivity (Wildman–Crippen MR) is 131 cm³/mol. The first kappa shape index (κ1) is 22.6. The number of nitrogens with two attached hydrogens (primary N) is 1. The Bertz CT molecular complexity index is 878. The number of amides is 1. The second-order valence-corrected chi connectivity index (χ2v) is 7.88. The normalized spacial score (nSPS) is 17.6. The SMILES string of the molecule is I.NC(=NCc1ccc2c(c1)C(=O)NCC2)NC1CCN(Cc2ccccc2)CC1. The number of piperidine rings is 1. The van der Waals surface area contributed by atoms with E-state index in [1.54, 1.807) is 0 Å².